The second kappa shape index (κ2) is 24.0. The first-order chi connectivity index (χ1) is 26.3. The number of carbonyl (C=O) groups excluding carboxylic acids is 1. The van der Waals surface area contributed by atoms with E-state index in [1.807, 2.05) is 20.8 Å². The average molecular weight is 782 g/mol. The van der Waals surface area contributed by atoms with Crippen molar-refractivity contribution < 1.29 is 61.0 Å². The smallest absolute Gasteiger partial charge is 0.465 e. The molecule has 3 aromatic rings. The molecule has 55 heavy (non-hydrogen) atoms. The summed E-state index contributed by atoms with van der Waals surface area (Å²) in [5.74, 6) is -0.215. The van der Waals surface area contributed by atoms with E-state index >= 15 is 0 Å². The van der Waals surface area contributed by atoms with E-state index in [9.17, 15) is 27.9 Å². The van der Waals surface area contributed by atoms with E-state index in [4.69, 9.17) is 28.4 Å². The van der Waals surface area contributed by atoms with E-state index in [0.717, 1.165) is 0 Å². The maximum Gasteiger partial charge on any atom is 0.573 e. The van der Waals surface area contributed by atoms with E-state index in [1.54, 1.807) is 30.3 Å². The fourth-order valence-corrected chi connectivity index (χ4v) is 4.71. The number of alkyl halides is 3. The lowest BCUT2D eigenvalue weighted by atomic mass is 10.1. The Hall–Kier alpha value is -4.59. The number of ether oxygens (including phenoxy) is 7. The van der Waals surface area contributed by atoms with Gasteiger partial charge < -0.3 is 53.8 Å². The lowest BCUT2D eigenvalue weighted by Gasteiger charge is -2.32. The number of carboxylic acid groups (broad SMARTS) is 1. The van der Waals surface area contributed by atoms with Gasteiger partial charge in [-0.3, -0.25) is 4.79 Å². The molecule has 0 atom stereocenters. The van der Waals surface area contributed by atoms with Crippen LogP contribution in [0.5, 0.6) is 5.75 Å². The first kappa shape index (κ1) is 44.8. The Morgan fingerprint density at radius 2 is 1.27 bits per heavy atom. The number of hydrogen-bond acceptors (Lipinski definition) is 12. The summed E-state index contributed by atoms with van der Waals surface area (Å²) in [7, 11) is 0. The first-order valence-electron chi connectivity index (χ1n) is 17.6. The Labute approximate surface area is 318 Å². The molecule has 304 valence electrons. The first-order valence-corrected chi connectivity index (χ1v) is 17.6. The summed E-state index contributed by atoms with van der Waals surface area (Å²) in [6.45, 7) is 10.7. The molecule has 0 unspecified atom stereocenters. The molecule has 18 heteroatoms. The van der Waals surface area contributed by atoms with E-state index in [-0.39, 0.29) is 11.7 Å². The van der Waals surface area contributed by atoms with Crippen molar-refractivity contribution in [3.05, 3.63) is 66.5 Å². The van der Waals surface area contributed by atoms with Gasteiger partial charge in [0.05, 0.1) is 85.0 Å². The zero-order valence-electron chi connectivity index (χ0n) is 31.3. The Morgan fingerprint density at radius 3 is 1.80 bits per heavy atom. The molecule has 1 aromatic heterocycles. The molecule has 2 amide bonds. The summed E-state index contributed by atoms with van der Waals surface area (Å²) < 4.78 is 74.0. The van der Waals surface area contributed by atoms with Crippen molar-refractivity contribution in [1.29, 1.82) is 0 Å². The minimum atomic E-state index is -4.77. The number of benzene rings is 2. The number of hydrogen-bond donors (Lipinski definition) is 3. The van der Waals surface area contributed by atoms with Crippen LogP contribution in [0.3, 0.4) is 0 Å². The van der Waals surface area contributed by atoms with Crippen LogP contribution in [0.4, 0.5) is 29.5 Å². The van der Waals surface area contributed by atoms with Crippen LogP contribution in [0.25, 0.3) is 11.3 Å². The Bertz CT molecular complexity index is 1560. The van der Waals surface area contributed by atoms with Crippen LogP contribution in [0.15, 0.2) is 60.9 Å². The minimum Gasteiger partial charge on any atom is -0.465 e. The van der Waals surface area contributed by atoms with Crippen molar-refractivity contribution in [3.8, 4) is 17.0 Å². The van der Waals surface area contributed by atoms with Crippen LogP contribution in [-0.2, 0) is 28.4 Å². The van der Waals surface area contributed by atoms with E-state index in [1.165, 1.54) is 35.5 Å². The van der Waals surface area contributed by atoms with E-state index < -0.39 is 18.0 Å². The fraction of sp³-hybridized carbons (Fsp3) is 0.514. The van der Waals surface area contributed by atoms with Crippen molar-refractivity contribution in [2.45, 2.75) is 32.7 Å². The molecule has 1 heterocycles. The average Bonchev–Trinajstić information content (AvgIpc) is 3.13. The van der Waals surface area contributed by atoms with Crippen LogP contribution >= 0.6 is 0 Å². The molecule has 0 aliphatic heterocycles. The predicted molar refractivity (Wildman–Crippen MR) is 196 cm³/mol. The summed E-state index contributed by atoms with van der Waals surface area (Å²) >= 11 is 0. The molecule has 0 saturated carbocycles. The predicted octanol–water partition coefficient (Wildman–Crippen LogP) is 5.39. The highest BCUT2D eigenvalue weighted by Crippen LogP contribution is 2.26. The second-order valence-corrected chi connectivity index (χ2v) is 12.6. The van der Waals surface area contributed by atoms with Crippen LogP contribution in [0.2, 0.25) is 0 Å². The van der Waals surface area contributed by atoms with Gasteiger partial charge in [0.2, 0.25) is 0 Å². The van der Waals surface area contributed by atoms with E-state index in [2.05, 4.69) is 25.3 Å². The summed E-state index contributed by atoms with van der Waals surface area (Å²) in [5.41, 5.74) is 1.64. The molecular formula is C37H50F3N5O10. The molecule has 0 saturated heterocycles. The molecule has 0 bridgehead atoms. The van der Waals surface area contributed by atoms with Gasteiger partial charge in [-0.05, 0) is 57.2 Å². The van der Waals surface area contributed by atoms with Crippen molar-refractivity contribution in [1.82, 2.24) is 20.2 Å². The number of halogens is 3. The number of aromatic nitrogens is 2. The van der Waals surface area contributed by atoms with Crippen LogP contribution in [0, 0.1) is 0 Å². The largest absolute Gasteiger partial charge is 0.573 e. The van der Waals surface area contributed by atoms with Gasteiger partial charge in [-0.25, -0.2) is 14.8 Å². The molecule has 0 aliphatic rings. The van der Waals surface area contributed by atoms with Gasteiger partial charge in [0.15, 0.2) is 0 Å². The van der Waals surface area contributed by atoms with Gasteiger partial charge in [-0.1, -0.05) is 12.1 Å². The van der Waals surface area contributed by atoms with Crippen molar-refractivity contribution in [2.75, 3.05) is 97.7 Å². The molecule has 0 radical (unpaired) electrons. The maximum absolute atomic E-state index is 12.7. The van der Waals surface area contributed by atoms with Crippen LogP contribution in [0.1, 0.15) is 31.1 Å². The summed E-state index contributed by atoms with van der Waals surface area (Å²) in [6.07, 6.45) is -4.41. The summed E-state index contributed by atoms with van der Waals surface area (Å²) in [6, 6.07) is 13.8. The molecule has 2 aromatic carbocycles. The van der Waals surface area contributed by atoms with Gasteiger partial charge in [-0.2, -0.15) is 0 Å². The molecule has 0 aliphatic carbocycles. The highest BCUT2D eigenvalue weighted by molar-refractivity contribution is 5.95. The number of amides is 2. The number of nitrogens with one attached hydrogen (secondary N) is 2. The lowest BCUT2D eigenvalue weighted by Crippen LogP contribution is -2.46. The van der Waals surface area contributed by atoms with Crippen LogP contribution in [-0.4, -0.2) is 136 Å². The van der Waals surface area contributed by atoms with Gasteiger partial charge in [0, 0.05) is 41.5 Å². The third-order valence-corrected chi connectivity index (χ3v) is 7.34. The molecule has 3 N–H and O–H groups in total. The normalized spacial score (nSPS) is 11.7. The summed E-state index contributed by atoms with van der Waals surface area (Å²) in [5, 5.41) is 15.1. The fourth-order valence-electron chi connectivity index (χ4n) is 4.71. The molecule has 0 fully saturated rings. The van der Waals surface area contributed by atoms with Gasteiger partial charge in [0.25, 0.3) is 5.91 Å². The third kappa shape index (κ3) is 19.0. The quantitative estimate of drug-likeness (QED) is 0.0887. The highest BCUT2D eigenvalue weighted by atomic mass is 19.4. The molecule has 15 nitrogen and oxygen atoms in total. The monoisotopic (exact) mass is 781 g/mol. The van der Waals surface area contributed by atoms with Crippen molar-refractivity contribution in [2.24, 2.45) is 0 Å². The number of rotatable bonds is 26. The zero-order chi connectivity index (χ0) is 39.9. The number of anilines is 2. The zero-order valence-corrected chi connectivity index (χ0v) is 31.3. The number of nitrogens with zero attached hydrogens (tertiary/aromatic N) is 3. The van der Waals surface area contributed by atoms with Gasteiger partial charge >= 0.3 is 12.5 Å². The van der Waals surface area contributed by atoms with Gasteiger partial charge in [-0.15, -0.1) is 13.2 Å². The Morgan fingerprint density at radius 1 is 0.727 bits per heavy atom. The van der Waals surface area contributed by atoms with Crippen molar-refractivity contribution >= 4 is 23.5 Å². The summed E-state index contributed by atoms with van der Waals surface area (Å²) in [4.78, 5) is 33.8. The Balaban J connectivity index is 1.16. The Kier molecular flexibility index (Phi) is 19.6. The highest BCUT2D eigenvalue weighted by Gasteiger charge is 2.31. The standard InChI is InChI=1S/C37H50F3N5O10/c1-36(2,3)45(35(47)48)12-14-50-16-18-52-20-22-54-24-23-53-21-19-51-17-15-49-13-11-41-34(46)29-6-4-5-28(25-29)32-26-33(43-27-42-32)44-30-7-9-31(10-8-30)55-37(38,39)40/h4-10,25-27H,11-24H2,1-3H3,(H,41,46)(H,47,48)(H,42,43,44). The van der Waals surface area contributed by atoms with Crippen LogP contribution < -0.4 is 15.4 Å². The second-order valence-electron chi connectivity index (χ2n) is 12.6. The SMILES string of the molecule is CC(C)(C)N(CCOCCOCCOCCOCCOCCOCCNC(=O)c1cccc(-c2cc(Nc3ccc(OC(F)(F)F)cc3)ncn2)c1)C(=O)O. The topological polar surface area (TPSA) is 172 Å². The molecule has 3 rings (SSSR count). The van der Waals surface area contributed by atoms with Crippen molar-refractivity contribution in [3.63, 3.8) is 0 Å². The lowest BCUT2D eigenvalue weighted by molar-refractivity contribution is -0.274. The number of carbonyl (C=O) groups is 2. The third-order valence-electron chi connectivity index (χ3n) is 7.34. The maximum atomic E-state index is 12.7. The van der Waals surface area contributed by atoms with Gasteiger partial charge in [0.1, 0.15) is 17.9 Å². The molecular weight excluding hydrogens is 731 g/mol. The molecule has 0 spiro atoms. The minimum absolute atomic E-state index is 0.284. The van der Waals surface area contributed by atoms with E-state index in [0.29, 0.717) is 121 Å².